The molecule has 0 spiro atoms. The number of nitrogens with zero attached hydrogens (tertiary/aromatic N) is 1. The first-order chi connectivity index (χ1) is 22.8. The number of rotatable bonds is 2. The number of hydrogen-bond acceptors (Lipinski definition) is 1. The number of para-hydroxylation sites is 1. The molecule has 46 heavy (non-hydrogen) atoms. The lowest BCUT2D eigenvalue weighted by Gasteiger charge is -2.17. The lowest BCUT2D eigenvalue weighted by atomic mass is 9.89. The summed E-state index contributed by atoms with van der Waals surface area (Å²) in [5.41, 5.74) is 6.21. The fourth-order valence-corrected chi connectivity index (χ4v) is 9.40. The summed E-state index contributed by atoms with van der Waals surface area (Å²) in [4.78, 5) is 0. The van der Waals surface area contributed by atoms with E-state index in [2.05, 4.69) is 156 Å². The van der Waals surface area contributed by atoms with Gasteiger partial charge in [-0.15, -0.1) is 11.3 Å². The van der Waals surface area contributed by atoms with E-state index in [9.17, 15) is 0 Å². The van der Waals surface area contributed by atoms with Crippen LogP contribution in [0.4, 0.5) is 0 Å². The Bertz CT molecular complexity index is 3020. The van der Waals surface area contributed by atoms with E-state index < -0.39 is 0 Å². The Kier molecular flexibility index (Phi) is 4.78. The van der Waals surface area contributed by atoms with E-state index >= 15 is 0 Å². The van der Waals surface area contributed by atoms with Gasteiger partial charge >= 0.3 is 0 Å². The Hall–Kier alpha value is -5.70. The molecule has 11 aromatic rings. The van der Waals surface area contributed by atoms with E-state index in [1.54, 1.807) is 0 Å². The van der Waals surface area contributed by atoms with Gasteiger partial charge in [0.25, 0.3) is 0 Å². The lowest BCUT2D eigenvalue weighted by molar-refractivity contribution is 1.19. The van der Waals surface area contributed by atoms with Gasteiger partial charge in [-0.1, -0.05) is 115 Å². The lowest BCUT2D eigenvalue weighted by Crippen LogP contribution is -1.95. The molecule has 0 N–H and O–H groups in total. The molecule has 2 heteroatoms. The van der Waals surface area contributed by atoms with Crippen molar-refractivity contribution in [2.45, 2.75) is 0 Å². The van der Waals surface area contributed by atoms with Crippen LogP contribution >= 0.6 is 11.3 Å². The van der Waals surface area contributed by atoms with Crippen molar-refractivity contribution in [2.24, 2.45) is 0 Å². The van der Waals surface area contributed by atoms with Gasteiger partial charge in [0.05, 0.1) is 11.0 Å². The normalized spacial score (nSPS) is 12.3. The highest BCUT2D eigenvalue weighted by molar-refractivity contribution is 7.26. The maximum atomic E-state index is 2.47. The number of thiophene rings is 1. The van der Waals surface area contributed by atoms with Crippen LogP contribution in [0.1, 0.15) is 0 Å². The van der Waals surface area contributed by atoms with Gasteiger partial charge in [0.1, 0.15) is 0 Å². The summed E-state index contributed by atoms with van der Waals surface area (Å²) in [6.07, 6.45) is 0. The average molecular weight is 600 g/mol. The fourth-order valence-electron chi connectivity index (χ4n) is 8.16. The zero-order chi connectivity index (χ0) is 29.9. The summed E-state index contributed by atoms with van der Waals surface area (Å²) in [6, 6.07) is 56.5. The number of hydrogen-bond donors (Lipinski definition) is 0. The van der Waals surface area contributed by atoms with Gasteiger partial charge in [-0.2, -0.15) is 0 Å². The molecule has 0 fully saturated rings. The van der Waals surface area contributed by atoms with Crippen molar-refractivity contribution in [3.63, 3.8) is 0 Å². The van der Waals surface area contributed by atoms with Crippen molar-refractivity contribution >= 4 is 96.4 Å². The molecule has 212 valence electrons. The maximum Gasteiger partial charge on any atom is 0.0541 e. The molecule has 0 bridgehead atoms. The Morgan fingerprint density at radius 1 is 0.391 bits per heavy atom. The van der Waals surface area contributed by atoms with Crippen LogP contribution in [0, 0.1) is 0 Å². The molecule has 0 atom stereocenters. The monoisotopic (exact) mass is 599 g/mol. The smallest absolute Gasteiger partial charge is 0.0541 e. The topological polar surface area (TPSA) is 4.93 Å². The van der Waals surface area contributed by atoms with Crippen molar-refractivity contribution in [3.05, 3.63) is 152 Å². The van der Waals surface area contributed by atoms with E-state index in [1.165, 1.54) is 102 Å². The molecule has 2 heterocycles. The van der Waals surface area contributed by atoms with E-state index in [0.29, 0.717) is 0 Å². The molecule has 0 unspecified atom stereocenters. The summed E-state index contributed by atoms with van der Waals surface area (Å²) >= 11 is 1.89. The van der Waals surface area contributed by atoms with Crippen LogP contribution in [-0.4, -0.2) is 4.57 Å². The second-order valence-electron chi connectivity index (χ2n) is 12.5. The minimum absolute atomic E-state index is 1.20. The van der Waals surface area contributed by atoms with E-state index in [4.69, 9.17) is 0 Å². The number of fused-ring (bicyclic) bond motifs is 8. The molecule has 0 saturated heterocycles. The predicted molar refractivity (Wildman–Crippen MR) is 200 cm³/mol. The summed E-state index contributed by atoms with van der Waals surface area (Å²) in [5, 5.41) is 15.8. The first-order valence-electron chi connectivity index (χ1n) is 15.9. The van der Waals surface area contributed by atoms with Crippen LogP contribution in [0.25, 0.3) is 102 Å². The average Bonchev–Trinajstić information content (AvgIpc) is 3.66. The van der Waals surface area contributed by atoms with Crippen molar-refractivity contribution in [3.8, 4) is 16.8 Å². The SMILES string of the molecule is c1ccc2c(c1)sc1c(-c3ccc4c(c3)c3ccccc3n4-c3cc4cccc5c6cccc7cccc(c(c3)c45)c76)cccc12. The zero-order valence-corrected chi connectivity index (χ0v) is 25.6. The highest BCUT2D eigenvalue weighted by Crippen LogP contribution is 2.44. The highest BCUT2D eigenvalue weighted by Gasteiger charge is 2.18. The van der Waals surface area contributed by atoms with Gasteiger partial charge < -0.3 is 4.57 Å². The first-order valence-corrected chi connectivity index (χ1v) is 16.7. The van der Waals surface area contributed by atoms with Crippen molar-refractivity contribution in [1.29, 1.82) is 0 Å². The summed E-state index contributed by atoms with van der Waals surface area (Å²) in [7, 11) is 0. The van der Waals surface area contributed by atoms with Gasteiger partial charge in [-0.25, -0.2) is 0 Å². The van der Waals surface area contributed by atoms with Gasteiger partial charge in [0.15, 0.2) is 0 Å². The Morgan fingerprint density at radius 2 is 1.02 bits per heavy atom. The summed E-state index contributed by atoms with van der Waals surface area (Å²) < 4.78 is 5.16. The molecular formula is C44H25NS. The molecule has 0 aliphatic heterocycles. The molecule has 9 aromatic carbocycles. The molecule has 0 radical (unpaired) electrons. The zero-order valence-electron chi connectivity index (χ0n) is 24.8. The van der Waals surface area contributed by atoms with Crippen LogP contribution in [0.15, 0.2) is 152 Å². The van der Waals surface area contributed by atoms with Crippen molar-refractivity contribution < 1.29 is 0 Å². The minimum atomic E-state index is 1.20. The fraction of sp³-hybridized carbons (Fsp3) is 0. The van der Waals surface area contributed by atoms with Crippen LogP contribution in [0.3, 0.4) is 0 Å². The standard InChI is InChI=1S/C44H25NS/c1-3-19-39-31(12-1)37-24-27(30-14-8-18-36-32-13-2-4-20-41(32)46-44(30)36)21-22-40(37)45(39)29-23-28-11-7-16-34-33-15-5-9-26-10-6-17-35(42(26)33)38(25-29)43(28)34/h1-25H. The van der Waals surface area contributed by atoms with Gasteiger partial charge in [0.2, 0.25) is 0 Å². The third-order valence-electron chi connectivity index (χ3n) is 10.1. The van der Waals surface area contributed by atoms with Crippen LogP contribution in [0.5, 0.6) is 0 Å². The Labute approximate surface area is 268 Å². The molecule has 0 amide bonds. The molecule has 0 saturated carbocycles. The second kappa shape index (κ2) is 8.94. The summed E-state index contributed by atoms with van der Waals surface area (Å²) in [6.45, 7) is 0. The number of aromatic nitrogens is 1. The predicted octanol–water partition coefficient (Wildman–Crippen LogP) is 12.9. The van der Waals surface area contributed by atoms with E-state index in [-0.39, 0.29) is 0 Å². The minimum Gasteiger partial charge on any atom is -0.309 e. The molecule has 0 aliphatic rings. The van der Waals surface area contributed by atoms with Crippen molar-refractivity contribution in [2.75, 3.05) is 0 Å². The quantitative estimate of drug-likeness (QED) is 0.138. The Balaban J connectivity index is 1.21. The molecular weight excluding hydrogens is 575 g/mol. The maximum absolute atomic E-state index is 2.47. The van der Waals surface area contributed by atoms with Gasteiger partial charge in [-0.3, -0.25) is 0 Å². The van der Waals surface area contributed by atoms with Gasteiger partial charge in [0, 0.05) is 36.6 Å². The molecule has 1 nitrogen and oxygen atoms in total. The van der Waals surface area contributed by atoms with Crippen LogP contribution in [-0.2, 0) is 0 Å². The van der Waals surface area contributed by atoms with E-state index in [1.807, 2.05) is 11.3 Å². The second-order valence-corrected chi connectivity index (χ2v) is 13.5. The first kappa shape index (κ1) is 24.6. The molecule has 11 rings (SSSR count). The van der Waals surface area contributed by atoms with E-state index in [0.717, 1.165) is 0 Å². The van der Waals surface area contributed by atoms with Crippen LogP contribution in [0.2, 0.25) is 0 Å². The van der Waals surface area contributed by atoms with Gasteiger partial charge in [-0.05, 0) is 90.6 Å². The molecule has 0 aliphatic carbocycles. The largest absolute Gasteiger partial charge is 0.309 e. The number of benzene rings is 9. The molecule has 2 aromatic heterocycles. The summed E-state index contributed by atoms with van der Waals surface area (Å²) in [5.74, 6) is 0. The third kappa shape index (κ3) is 3.19. The van der Waals surface area contributed by atoms with Crippen LogP contribution < -0.4 is 0 Å². The Morgan fingerprint density at radius 3 is 1.87 bits per heavy atom. The van der Waals surface area contributed by atoms with Crippen molar-refractivity contribution in [1.82, 2.24) is 4.57 Å². The highest BCUT2D eigenvalue weighted by atomic mass is 32.1. The third-order valence-corrected chi connectivity index (χ3v) is 11.3.